The lowest BCUT2D eigenvalue weighted by Crippen LogP contribution is -2.15. The van der Waals surface area contributed by atoms with Crippen LogP contribution in [0.3, 0.4) is 0 Å². The Balaban J connectivity index is 1.75. The molecule has 4 nitrogen and oxygen atoms in total. The first-order valence-corrected chi connectivity index (χ1v) is 10.2. The molecule has 0 spiro atoms. The highest BCUT2D eigenvalue weighted by Gasteiger charge is 2.40. The third-order valence-corrected chi connectivity index (χ3v) is 5.12. The van der Waals surface area contributed by atoms with Gasteiger partial charge in [0.15, 0.2) is 0 Å². The van der Waals surface area contributed by atoms with Crippen LogP contribution in [-0.4, -0.2) is 0 Å². The van der Waals surface area contributed by atoms with Crippen LogP contribution in [0.15, 0.2) is 69.9 Å². The molecule has 0 saturated heterocycles. The fourth-order valence-electron chi connectivity index (χ4n) is 3.42. The maximum absolute atomic E-state index is 13.8. The fourth-order valence-corrected chi connectivity index (χ4v) is 3.42. The summed E-state index contributed by atoms with van der Waals surface area (Å²) in [6.07, 6.45) is -4.93. The van der Waals surface area contributed by atoms with Crippen LogP contribution in [0.5, 0.6) is 17.2 Å². The van der Waals surface area contributed by atoms with Crippen molar-refractivity contribution >= 4 is 11.0 Å². The maximum atomic E-state index is 13.8. The van der Waals surface area contributed by atoms with E-state index in [2.05, 4.69) is 0 Å². The standard InChI is InChI=1S/C26H21F3O4/c1-15-5-4-6-18(11-15)14-31-19-9-10-20-22(13-19)33-25(26(27,28)29)24(23(20)30)32-21-12-16(2)7-8-17(21)3/h4-13H,14H2,1-3H3. The van der Waals surface area contributed by atoms with Crippen molar-refractivity contribution in [2.45, 2.75) is 33.6 Å². The first-order chi connectivity index (χ1) is 15.6. The number of alkyl halides is 3. The number of fused-ring (bicyclic) bond motifs is 1. The molecule has 0 aliphatic heterocycles. The Kier molecular flexibility index (Phi) is 5.89. The van der Waals surface area contributed by atoms with Crippen molar-refractivity contribution in [2.24, 2.45) is 0 Å². The summed E-state index contributed by atoms with van der Waals surface area (Å²) in [6.45, 7) is 5.63. The van der Waals surface area contributed by atoms with Crippen LogP contribution in [-0.2, 0) is 12.8 Å². The van der Waals surface area contributed by atoms with Crippen molar-refractivity contribution in [1.82, 2.24) is 0 Å². The highest BCUT2D eigenvalue weighted by molar-refractivity contribution is 5.79. The summed E-state index contributed by atoms with van der Waals surface area (Å²) in [7, 11) is 0. The minimum atomic E-state index is -4.93. The quantitative estimate of drug-likeness (QED) is 0.322. The highest BCUT2D eigenvalue weighted by atomic mass is 19.4. The Morgan fingerprint density at radius 3 is 2.39 bits per heavy atom. The van der Waals surface area contributed by atoms with Crippen molar-refractivity contribution in [3.63, 3.8) is 0 Å². The van der Waals surface area contributed by atoms with Gasteiger partial charge in [-0.25, -0.2) is 0 Å². The summed E-state index contributed by atoms with van der Waals surface area (Å²) in [5.41, 5.74) is 2.20. The van der Waals surface area contributed by atoms with Gasteiger partial charge in [-0.1, -0.05) is 42.0 Å². The summed E-state index contributed by atoms with van der Waals surface area (Å²) in [6, 6.07) is 16.9. The Labute approximate surface area is 188 Å². The third kappa shape index (κ3) is 4.87. The van der Waals surface area contributed by atoms with Crippen LogP contribution >= 0.6 is 0 Å². The summed E-state index contributed by atoms with van der Waals surface area (Å²) >= 11 is 0. The monoisotopic (exact) mass is 454 g/mol. The number of aryl methyl sites for hydroxylation is 3. The van der Waals surface area contributed by atoms with Crippen LogP contribution in [0.4, 0.5) is 13.2 Å². The number of benzene rings is 3. The van der Waals surface area contributed by atoms with Crippen molar-refractivity contribution < 1.29 is 27.1 Å². The maximum Gasteiger partial charge on any atom is 0.453 e. The van der Waals surface area contributed by atoms with Gasteiger partial charge >= 0.3 is 6.18 Å². The van der Waals surface area contributed by atoms with Crippen LogP contribution < -0.4 is 14.9 Å². The molecule has 0 bridgehead atoms. The van der Waals surface area contributed by atoms with Gasteiger partial charge in [0.05, 0.1) is 5.39 Å². The predicted octanol–water partition coefficient (Wildman–Crippen LogP) is 7.11. The van der Waals surface area contributed by atoms with Crippen LogP contribution in [0.1, 0.15) is 28.0 Å². The average molecular weight is 454 g/mol. The number of hydrogen-bond acceptors (Lipinski definition) is 4. The van der Waals surface area contributed by atoms with Crippen LogP contribution in [0.2, 0.25) is 0 Å². The van der Waals surface area contributed by atoms with Gasteiger partial charge in [0.25, 0.3) is 5.76 Å². The molecular formula is C26H21F3O4. The van der Waals surface area contributed by atoms with E-state index in [-0.39, 0.29) is 29.1 Å². The number of halogens is 3. The molecule has 3 aromatic carbocycles. The van der Waals surface area contributed by atoms with Crippen molar-refractivity contribution in [2.75, 3.05) is 0 Å². The Morgan fingerprint density at radius 2 is 1.67 bits per heavy atom. The largest absolute Gasteiger partial charge is 0.489 e. The molecule has 0 aliphatic carbocycles. The second-order valence-electron chi connectivity index (χ2n) is 7.89. The minimum absolute atomic E-state index is 0.0359. The number of rotatable bonds is 5. The lowest BCUT2D eigenvalue weighted by Gasteiger charge is -2.15. The van der Waals surface area contributed by atoms with E-state index in [1.165, 1.54) is 18.2 Å². The minimum Gasteiger partial charge on any atom is -0.489 e. The van der Waals surface area contributed by atoms with E-state index in [4.69, 9.17) is 13.9 Å². The lowest BCUT2D eigenvalue weighted by atomic mass is 10.1. The summed E-state index contributed by atoms with van der Waals surface area (Å²) in [5, 5.41) is -0.0359. The molecule has 0 amide bonds. The van der Waals surface area contributed by atoms with Gasteiger partial charge < -0.3 is 13.9 Å². The molecule has 0 unspecified atom stereocenters. The zero-order valence-electron chi connectivity index (χ0n) is 18.2. The molecule has 1 aromatic heterocycles. The summed E-state index contributed by atoms with van der Waals surface area (Å²) in [4.78, 5) is 13.0. The molecule has 1 heterocycles. The molecule has 0 radical (unpaired) electrons. The summed E-state index contributed by atoms with van der Waals surface area (Å²) in [5.74, 6) is -1.94. The van der Waals surface area contributed by atoms with E-state index in [0.29, 0.717) is 5.56 Å². The van der Waals surface area contributed by atoms with E-state index in [9.17, 15) is 18.0 Å². The lowest BCUT2D eigenvalue weighted by molar-refractivity contribution is -0.154. The molecule has 0 saturated carbocycles. The second-order valence-corrected chi connectivity index (χ2v) is 7.89. The van der Waals surface area contributed by atoms with E-state index in [1.54, 1.807) is 32.0 Å². The molecule has 33 heavy (non-hydrogen) atoms. The second kappa shape index (κ2) is 8.65. The van der Waals surface area contributed by atoms with Gasteiger partial charge in [-0.15, -0.1) is 0 Å². The van der Waals surface area contributed by atoms with Gasteiger partial charge in [0.1, 0.15) is 23.7 Å². The van der Waals surface area contributed by atoms with Gasteiger partial charge in [-0.3, -0.25) is 4.79 Å². The molecule has 170 valence electrons. The normalized spacial score (nSPS) is 11.6. The van der Waals surface area contributed by atoms with E-state index >= 15 is 0 Å². The molecule has 7 heteroatoms. The van der Waals surface area contributed by atoms with Crippen LogP contribution in [0.25, 0.3) is 11.0 Å². The topological polar surface area (TPSA) is 48.7 Å². The predicted molar refractivity (Wildman–Crippen MR) is 119 cm³/mol. The average Bonchev–Trinajstić information content (AvgIpc) is 2.75. The van der Waals surface area contributed by atoms with E-state index < -0.39 is 23.1 Å². The molecule has 4 rings (SSSR count). The Morgan fingerprint density at radius 1 is 0.909 bits per heavy atom. The first kappa shape index (κ1) is 22.5. The molecule has 4 aromatic rings. The zero-order valence-corrected chi connectivity index (χ0v) is 18.2. The van der Waals surface area contributed by atoms with E-state index in [1.807, 2.05) is 31.2 Å². The number of hydrogen-bond donors (Lipinski definition) is 0. The molecule has 0 N–H and O–H groups in total. The highest BCUT2D eigenvalue weighted by Crippen LogP contribution is 2.39. The molecule has 0 fully saturated rings. The van der Waals surface area contributed by atoms with E-state index in [0.717, 1.165) is 16.7 Å². The smallest absolute Gasteiger partial charge is 0.453 e. The van der Waals surface area contributed by atoms with Crippen molar-refractivity contribution in [1.29, 1.82) is 0 Å². The van der Waals surface area contributed by atoms with Gasteiger partial charge in [0.2, 0.25) is 11.2 Å². The SMILES string of the molecule is Cc1cccc(COc2ccc3c(=O)c(Oc4cc(C)ccc4C)c(C(F)(F)F)oc3c2)c1. The Bertz CT molecular complexity index is 1390. The summed E-state index contributed by atoms with van der Waals surface area (Å²) < 4.78 is 57.7. The first-order valence-electron chi connectivity index (χ1n) is 10.2. The zero-order chi connectivity index (χ0) is 23.8. The van der Waals surface area contributed by atoms with Crippen LogP contribution in [0, 0.1) is 20.8 Å². The van der Waals surface area contributed by atoms with Gasteiger partial charge in [0, 0.05) is 6.07 Å². The Hall–Kier alpha value is -3.74. The van der Waals surface area contributed by atoms with Crippen molar-refractivity contribution in [3.8, 4) is 17.2 Å². The van der Waals surface area contributed by atoms with Gasteiger partial charge in [-0.05, 0) is 55.7 Å². The van der Waals surface area contributed by atoms with Crippen molar-refractivity contribution in [3.05, 3.63) is 98.9 Å². The molecule has 0 aliphatic rings. The molecular weight excluding hydrogens is 433 g/mol. The van der Waals surface area contributed by atoms with Gasteiger partial charge in [-0.2, -0.15) is 13.2 Å². The third-order valence-electron chi connectivity index (χ3n) is 5.12. The molecule has 0 atom stereocenters. The number of ether oxygens (including phenoxy) is 2. The fraction of sp³-hybridized carbons (Fsp3) is 0.192.